The van der Waals surface area contributed by atoms with Crippen LogP contribution in [-0.2, 0) is 20.6 Å². The summed E-state index contributed by atoms with van der Waals surface area (Å²) in [6.45, 7) is -6.51. The smallest absolute Gasteiger partial charge is 0.335 e. The fraction of sp³-hybridized carbons (Fsp3) is 1.00. The van der Waals surface area contributed by atoms with Crippen LogP contribution in [0.25, 0.3) is 0 Å². The molecule has 0 fully saturated rings. The number of ether oxygens (including phenoxy) is 2. The molecule has 0 rings (SSSR count). The van der Waals surface area contributed by atoms with Crippen molar-refractivity contribution in [2.75, 3.05) is 19.0 Å². The van der Waals surface area contributed by atoms with Gasteiger partial charge in [0.1, 0.15) is 19.0 Å². The van der Waals surface area contributed by atoms with Gasteiger partial charge in [-0.2, -0.15) is 26.3 Å². The molecule has 0 saturated carbocycles. The van der Waals surface area contributed by atoms with Crippen molar-refractivity contribution in [1.29, 1.82) is 0 Å². The Morgan fingerprint density at radius 1 is 0.742 bits per heavy atom. The molecular formula is C13H15F13O4S. The van der Waals surface area contributed by atoms with Crippen LogP contribution in [0.3, 0.4) is 0 Å². The van der Waals surface area contributed by atoms with Crippen LogP contribution >= 0.6 is 0 Å². The number of hydrogen-bond donors (Lipinski definition) is 1. The fourth-order valence-electron chi connectivity index (χ4n) is 1.57. The molecule has 188 valence electrons. The van der Waals surface area contributed by atoms with Crippen molar-refractivity contribution in [2.45, 2.75) is 61.8 Å². The van der Waals surface area contributed by atoms with E-state index in [1.165, 1.54) is 0 Å². The van der Waals surface area contributed by atoms with Crippen LogP contribution in [0.4, 0.5) is 57.1 Å². The molecule has 0 aromatic carbocycles. The zero-order valence-corrected chi connectivity index (χ0v) is 16.1. The normalized spacial score (nSPS) is 19.6. The van der Waals surface area contributed by atoms with Gasteiger partial charge in [-0.05, 0) is 0 Å². The SMILES string of the molecule is CC(F)(F)C(F)(F)CC(F)(F)C(C)(F)OCC(F)(OCC(F)(F)CS(=O)O)C(F)(F)F. The van der Waals surface area contributed by atoms with E-state index in [-0.39, 0.29) is 0 Å². The van der Waals surface area contributed by atoms with Crippen LogP contribution < -0.4 is 0 Å². The van der Waals surface area contributed by atoms with Crippen LogP contribution in [0, 0.1) is 0 Å². The second kappa shape index (κ2) is 9.17. The maximum absolute atomic E-state index is 14.0. The van der Waals surface area contributed by atoms with Crippen molar-refractivity contribution in [2.24, 2.45) is 0 Å². The number of alkyl halides is 13. The predicted molar refractivity (Wildman–Crippen MR) is 77.0 cm³/mol. The Kier molecular flexibility index (Phi) is 8.91. The lowest BCUT2D eigenvalue weighted by Crippen LogP contribution is -2.55. The molecule has 0 aliphatic rings. The third-order valence-corrected chi connectivity index (χ3v) is 4.21. The molecule has 0 aliphatic carbocycles. The second-order valence-corrected chi connectivity index (χ2v) is 7.45. The van der Waals surface area contributed by atoms with Gasteiger partial charge in [0.05, 0.1) is 6.42 Å². The van der Waals surface area contributed by atoms with Crippen LogP contribution in [0.15, 0.2) is 0 Å². The molecule has 0 aromatic heterocycles. The summed E-state index contributed by atoms with van der Waals surface area (Å²) in [4.78, 5) is 0. The van der Waals surface area contributed by atoms with Gasteiger partial charge in [0.25, 0.3) is 11.8 Å². The van der Waals surface area contributed by atoms with Crippen molar-refractivity contribution < 1.29 is 75.3 Å². The third-order valence-electron chi connectivity index (χ3n) is 3.54. The maximum atomic E-state index is 14.0. The van der Waals surface area contributed by atoms with Crippen LogP contribution in [0.5, 0.6) is 0 Å². The Bertz CT molecular complexity index is 632. The van der Waals surface area contributed by atoms with Crippen LogP contribution in [0.2, 0.25) is 0 Å². The Balaban J connectivity index is 5.55. The van der Waals surface area contributed by atoms with E-state index in [4.69, 9.17) is 4.55 Å². The summed E-state index contributed by atoms with van der Waals surface area (Å²) in [5.41, 5.74) is 0. The molecule has 3 unspecified atom stereocenters. The summed E-state index contributed by atoms with van der Waals surface area (Å²) in [5, 5.41) is 0. The zero-order chi connectivity index (χ0) is 25.3. The first-order valence-corrected chi connectivity index (χ1v) is 8.87. The van der Waals surface area contributed by atoms with Crippen LogP contribution in [0.1, 0.15) is 20.3 Å². The lowest BCUT2D eigenvalue weighted by atomic mass is 10.00. The van der Waals surface area contributed by atoms with Gasteiger partial charge in [0, 0.05) is 13.8 Å². The summed E-state index contributed by atoms with van der Waals surface area (Å²) in [5.74, 6) is -33.3. The highest BCUT2D eigenvalue weighted by molar-refractivity contribution is 7.79. The van der Waals surface area contributed by atoms with Gasteiger partial charge in [-0.15, -0.1) is 0 Å². The van der Waals surface area contributed by atoms with Gasteiger partial charge in [0.15, 0.2) is 11.1 Å². The molecule has 3 atom stereocenters. The van der Waals surface area contributed by atoms with E-state index in [0.717, 1.165) is 0 Å². The Morgan fingerprint density at radius 3 is 1.55 bits per heavy atom. The van der Waals surface area contributed by atoms with Gasteiger partial charge < -0.3 is 14.0 Å². The van der Waals surface area contributed by atoms with E-state index >= 15 is 0 Å². The first-order chi connectivity index (χ1) is 13.3. The minimum absolute atomic E-state index is 0.489. The van der Waals surface area contributed by atoms with Crippen molar-refractivity contribution in [3.05, 3.63) is 0 Å². The van der Waals surface area contributed by atoms with E-state index in [2.05, 4.69) is 9.47 Å². The monoisotopic (exact) mass is 514 g/mol. The molecule has 18 heteroatoms. The lowest BCUT2D eigenvalue weighted by Gasteiger charge is -2.36. The molecule has 0 aliphatic heterocycles. The van der Waals surface area contributed by atoms with E-state index in [0.29, 0.717) is 0 Å². The molecule has 0 radical (unpaired) electrons. The largest absolute Gasteiger partial charge is 0.450 e. The standard InChI is InChI=1S/C13H15F13O4S/c1-7(14,15)10(19,20)3-11(21,22)8(2,16)29-5-12(23,13(24,25)26)30-4-9(17,18)6-31(27)28/h3-6H2,1-2H3,(H,27,28). The summed E-state index contributed by atoms with van der Waals surface area (Å²) >= 11 is -3.29. The molecule has 0 spiro atoms. The predicted octanol–water partition coefficient (Wildman–Crippen LogP) is 5.11. The molecule has 1 N–H and O–H groups in total. The maximum Gasteiger partial charge on any atom is 0.450 e. The highest BCUT2D eigenvalue weighted by atomic mass is 32.2. The first kappa shape index (κ1) is 30.1. The minimum atomic E-state index is -6.34. The molecule has 0 aromatic rings. The Labute approximate surface area is 168 Å². The summed E-state index contributed by atoms with van der Waals surface area (Å²) in [7, 11) is 0. The third kappa shape index (κ3) is 8.20. The summed E-state index contributed by atoms with van der Waals surface area (Å²) < 4.78 is 197. The molecule has 0 amide bonds. The molecule has 0 heterocycles. The van der Waals surface area contributed by atoms with E-state index < -0.39 is 91.9 Å². The molecule has 4 nitrogen and oxygen atoms in total. The van der Waals surface area contributed by atoms with E-state index in [9.17, 15) is 61.3 Å². The molecule has 0 saturated heterocycles. The second-order valence-electron chi connectivity index (χ2n) is 6.52. The highest BCUT2D eigenvalue weighted by Crippen LogP contribution is 2.47. The zero-order valence-electron chi connectivity index (χ0n) is 15.3. The highest BCUT2D eigenvalue weighted by Gasteiger charge is 2.66. The van der Waals surface area contributed by atoms with Gasteiger partial charge in [-0.3, -0.25) is 0 Å². The molecule has 0 bridgehead atoms. The van der Waals surface area contributed by atoms with Crippen molar-refractivity contribution in [3.8, 4) is 0 Å². The summed E-state index contributed by atoms with van der Waals surface area (Å²) in [6, 6.07) is 0. The van der Waals surface area contributed by atoms with E-state index in [1.54, 1.807) is 0 Å². The van der Waals surface area contributed by atoms with Crippen LogP contribution in [-0.4, -0.2) is 69.3 Å². The first-order valence-electron chi connectivity index (χ1n) is 7.60. The van der Waals surface area contributed by atoms with Crippen molar-refractivity contribution >= 4 is 11.1 Å². The average molecular weight is 514 g/mol. The summed E-state index contributed by atoms with van der Waals surface area (Å²) in [6.07, 6.45) is -9.61. The number of hydrogen-bond acceptors (Lipinski definition) is 3. The lowest BCUT2D eigenvalue weighted by molar-refractivity contribution is -0.381. The quantitative estimate of drug-likeness (QED) is 0.291. The topological polar surface area (TPSA) is 55.8 Å². The van der Waals surface area contributed by atoms with Gasteiger partial charge in [0.2, 0.25) is 0 Å². The number of rotatable bonds is 12. The Hall–Kier alpha value is -0.880. The van der Waals surface area contributed by atoms with Gasteiger partial charge in [-0.1, -0.05) is 0 Å². The molecular weight excluding hydrogens is 499 g/mol. The fourth-order valence-corrected chi connectivity index (χ4v) is 2.02. The van der Waals surface area contributed by atoms with Crippen molar-refractivity contribution in [1.82, 2.24) is 0 Å². The van der Waals surface area contributed by atoms with Gasteiger partial charge in [-0.25, -0.2) is 34.9 Å². The van der Waals surface area contributed by atoms with Gasteiger partial charge >= 0.3 is 29.8 Å². The Morgan fingerprint density at radius 2 is 1.19 bits per heavy atom. The average Bonchev–Trinajstić information content (AvgIpc) is 2.46. The molecule has 31 heavy (non-hydrogen) atoms. The van der Waals surface area contributed by atoms with E-state index in [1.807, 2.05) is 0 Å². The van der Waals surface area contributed by atoms with Crippen molar-refractivity contribution in [3.63, 3.8) is 0 Å². The number of halogens is 13. The minimum Gasteiger partial charge on any atom is -0.335 e.